The van der Waals surface area contributed by atoms with E-state index in [-0.39, 0.29) is 11.8 Å². The molecule has 3 aromatic rings. The van der Waals surface area contributed by atoms with E-state index in [1.807, 2.05) is 55.5 Å². The lowest BCUT2D eigenvalue weighted by Gasteiger charge is -2.32. The number of aromatic nitrogens is 3. The largest absolute Gasteiger partial charge is 0.497 e. The molecule has 1 aromatic carbocycles. The van der Waals surface area contributed by atoms with Crippen LogP contribution in [0, 0.1) is 12.8 Å². The molecule has 0 spiro atoms. The summed E-state index contributed by atoms with van der Waals surface area (Å²) in [5, 5.41) is 2.94. The predicted molar refractivity (Wildman–Crippen MR) is 117 cm³/mol. The zero-order valence-electron chi connectivity index (χ0n) is 17.2. The highest BCUT2D eigenvalue weighted by atomic mass is 16.5. The number of rotatable bonds is 5. The van der Waals surface area contributed by atoms with Crippen LogP contribution in [0.15, 0.2) is 54.9 Å². The minimum Gasteiger partial charge on any atom is -0.497 e. The number of benzene rings is 1. The van der Waals surface area contributed by atoms with Crippen molar-refractivity contribution >= 4 is 17.5 Å². The zero-order valence-corrected chi connectivity index (χ0v) is 17.2. The summed E-state index contributed by atoms with van der Waals surface area (Å²) in [6, 6.07) is 15.4. The number of carbonyl (C=O) groups is 1. The lowest BCUT2D eigenvalue weighted by Crippen LogP contribution is -2.38. The van der Waals surface area contributed by atoms with Gasteiger partial charge in [-0.3, -0.25) is 4.79 Å². The van der Waals surface area contributed by atoms with Gasteiger partial charge in [0.05, 0.1) is 12.8 Å². The summed E-state index contributed by atoms with van der Waals surface area (Å²) >= 11 is 0. The minimum absolute atomic E-state index is 0.0218. The molecule has 0 atom stereocenters. The van der Waals surface area contributed by atoms with Crippen LogP contribution in [0.25, 0.3) is 11.3 Å². The van der Waals surface area contributed by atoms with Crippen molar-refractivity contribution in [1.82, 2.24) is 15.0 Å². The monoisotopic (exact) mass is 403 g/mol. The average Bonchev–Trinajstić information content (AvgIpc) is 2.79. The third-order valence-corrected chi connectivity index (χ3v) is 5.37. The lowest BCUT2D eigenvalue weighted by molar-refractivity contribution is -0.120. The second-order valence-corrected chi connectivity index (χ2v) is 7.40. The highest BCUT2D eigenvalue weighted by molar-refractivity contribution is 5.91. The van der Waals surface area contributed by atoms with Crippen molar-refractivity contribution in [3.8, 4) is 17.0 Å². The molecule has 7 heteroatoms. The van der Waals surface area contributed by atoms with Crippen molar-refractivity contribution in [3.63, 3.8) is 0 Å². The van der Waals surface area contributed by atoms with E-state index >= 15 is 0 Å². The van der Waals surface area contributed by atoms with Crippen molar-refractivity contribution < 1.29 is 9.53 Å². The second-order valence-electron chi connectivity index (χ2n) is 7.40. The third-order valence-electron chi connectivity index (χ3n) is 5.37. The van der Waals surface area contributed by atoms with Crippen LogP contribution in [0.4, 0.5) is 11.6 Å². The van der Waals surface area contributed by atoms with Gasteiger partial charge in [-0.05, 0) is 56.2 Å². The number of aryl methyl sites for hydroxylation is 1. The molecule has 1 fully saturated rings. The van der Waals surface area contributed by atoms with E-state index in [0.29, 0.717) is 5.82 Å². The number of nitrogens with one attached hydrogen (secondary N) is 1. The van der Waals surface area contributed by atoms with Gasteiger partial charge in [0.1, 0.15) is 23.7 Å². The van der Waals surface area contributed by atoms with Gasteiger partial charge >= 0.3 is 0 Å². The van der Waals surface area contributed by atoms with Gasteiger partial charge in [0.25, 0.3) is 0 Å². The number of hydrogen-bond donors (Lipinski definition) is 1. The number of anilines is 2. The number of methoxy groups -OCH3 is 1. The van der Waals surface area contributed by atoms with Crippen LogP contribution in [0.2, 0.25) is 0 Å². The molecule has 30 heavy (non-hydrogen) atoms. The van der Waals surface area contributed by atoms with E-state index < -0.39 is 0 Å². The summed E-state index contributed by atoms with van der Waals surface area (Å²) in [6.07, 6.45) is 3.15. The van der Waals surface area contributed by atoms with Crippen molar-refractivity contribution in [2.24, 2.45) is 5.92 Å². The fraction of sp³-hybridized carbons (Fsp3) is 0.304. The quantitative estimate of drug-likeness (QED) is 0.700. The lowest BCUT2D eigenvalue weighted by atomic mass is 9.96. The fourth-order valence-electron chi connectivity index (χ4n) is 3.65. The molecule has 0 saturated carbocycles. The van der Waals surface area contributed by atoms with E-state index in [0.717, 1.165) is 54.4 Å². The normalized spacial score (nSPS) is 14.4. The van der Waals surface area contributed by atoms with Gasteiger partial charge in [0.2, 0.25) is 5.91 Å². The van der Waals surface area contributed by atoms with Gasteiger partial charge in [0.15, 0.2) is 0 Å². The molecule has 0 bridgehead atoms. The van der Waals surface area contributed by atoms with Crippen molar-refractivity contribution in [3.05, 3.63) is 60.6 Å². The van der Waals surface area contributed by atoms with Gasteiger partial charge < -0.3 is 15.0 Å². The van der Waals surface area contributed by atoms with Crippen LogP contribution in [0.5, 0.6) is 5.75 Å². The molecule has 0 unspecified atom stereocenters. The Morgan fingerprint density at radius 1 is 1.10 bits per heavy atom. The Morgan fingerprint density at radius 3 is 2.57 bits per heavy atom. The number of amides is 1. The molecular formula is C23H25N5O2. The molecule has 4 rings (SSSR count). The molecule has 0 radical (unpaired) electrons. The van der Waals surface area contributed by atoms with Crippen LogP contribution in [-0.2, 0) is 4.79 Å². The molecule has 1 amide bonds. The molecular weight excluding hydrogens is 378 g/mol. The van der Waals surface area contributed by atoms with Gasteiger partial charge in [0, 0.05) is 36.3 Å². The first kappa shape index (κ1) is 19.8. The molecule has 3 heterocycles. The van der Waals surface area contributed by atoms with Crippen LogP contribution < -0.4 is 15.0 Å². The number of pyridine rings is 1. The summed E-state index contributed by atoms with van der Waals surface area (Å²) in [6.45, 7) is 3.47. The Bertz CT molecular complexity index is 1010. The Labute approximate surface area is 176 Å². The van der Waals surface area contributed by atoms with Crippen LogP contribution >= 0.6 is 0 Å². The first-order chi connectivity index (χ1) is 14.6. The zero-order chi connectivity index (χ0) is 20.9. The number of hydrogen-bond acceptors (Lipinski definition) is 6. The van der Waals surface area contributed by atoms with Gasteiger partial charge in [-0.25, -0.2) is 15.0 Å². The summed E-state index contributed by atoms with van der Waals surface area (Å²) < 4.78 is 5.22. The summed E-state index contributed by atoms with van der Waals surface area (Å²) in [5.74, 6) is 2.33. The van der Waals surface area contributed by atoms with Crippen molar-refractivity contribution in [2.45, 2.75) is 19.8 Å². The van der Waals surface area contributed by atoms with Crippen molar-refractivity contribution in [1.29, 1.82) is 0 Å². The van der Waals surface area contributed by atoms with E-state index in [1.165, 1.54) is 0 Å². The first-order valence-electron chi connectivity index (χ1n) is 10.1. The summed E-state index contributed by atoms with van der Waals surface area (Å²) in [4.78, 5) is 28.0. The molecule has 0 aliphatic carbocycles. The number of nitrogens with zero attached hydrogens (tertiary/aromatic N) is 4. The Morgan fingerprint density at radius 2 is 1.87 bits per heavy atom. The summed E-state index contributed by atoms with van der Waals surface area (Å²) in [7, 11) is 1.65. The Hall–Kier alpha value is -3.48. The maximum atomic E-state index is 12.6. The number of piperidine rings is 1. The standard InChI is InChI=1S/C23H25N5O2/c1-16-4-3-5-21(26-16)27-23(29)18-10-12-28(13-11-18)22-14-20(24-15-25-22)17-6-8-19(30-2)9-7-17/h3-9,14-15,18H,10-13H2,1-2H3,(H,26,27,29). The Balaban J connectivity index is 1.38. The molecule has 1 N–H and O–H groups in total. The third kappa shape index (κ3) is 4.56. The van der Waals surface area contributed by atoms with Crippen LogP contribution in [-0.4, -0.2) is 41.1 Å². The highest BCUT2D eigenvalue weighted by Crippen LogP contribution is 2.26. The number of ether oxygens (including phenoxy) is 1. The second kappa shape index (κ2) is 8.90. The highest BCUT2D eigenvalue weighted by Gasteiger charge is 2.26. The molecule has 1 aliphatic rings. The van der Waals surface area contributed by atoms with E-state index in [9.17, 15) is 4.79 Å². The predicted octanol–water partition coefficient (Wildman–Crippen LogP) is 3.71. The molecule has 154 valence electrons. The van der Waals surface area contributed by atoms with Crippen LogP contribution in [0.1, 0.15) is 18.5 Å². The fourth-order valence-corrected chi connectivity index (χ4v) is 3.65. The maximum absolute atomic E-state index is 12.6. The SMILES string of the molecule is COc1ccc(-c2cc(N3CCC(C(=O)Nc4cccc(C)n4)CC3)ncn2)cc1. The molecule has 2 aromatic heterocycles. The average molecular weight is 403 g/mol. The van der Waals surface area contributed by atoms with E-state index in [4.69, 9.17) is 4.74 Å². The van der Waals surface area contributed by atoms with Gasteiger partial charge in [-0.1, -0.05) is 6.07 Å². The molecule has 1 saturated heterocycles. The van der Waals surface area contributed by atoms with E-state index in [2.05, 4.69) is 25.2 Å². The number of carbonyl (C=O) groups excluding carboxylic acids is 1. The molecule has 7 nitrogen and oxygen atoms in total. The minimum atomic E-state index is -0.0218. The van der Waals surface area contributed by atoms with Crippen molar-refractivity contribution in [2.75, 3.05) is 30.4 Å². The van der Waals surface area contributed by atoms with Gasteiger partial charge in [-0.2, -0.15) is 0 Å². The topological polar surface area (TPSA) is 80.2 Å². The summed E-state index contributed by atoms with van der Waals surface area (Å²) in [5.41, 5.74) is 2.77. The van der Waals surface area contributed by atoms with E-state index in [1.54, 1.807) is 13.4 Å². The molecule has 1 aliphatic heterocycles. The Kier molecular flexibility index (Phi) is 5.88. The smallest absolute Gasteiger partial charge is 0.228 e. The maximum Gasteiger partial charge on any atom is 0.228 e. The van der Waals surface area contributed by atoms with Crippen LogP contribution in [0.3, 0.4) is 0 Å². The van der Waals surface area contributed by atoms with Gasteiger partial charge in [-0.15, -0.1) is 0 Å². The first-order valence-corrected chi connectivity index (χ1v) is 10.1.